The van der Waals surface area contributed by atoms with E-state index in [1.54, 1.807) is 26.4 Å². The van der Waals surface area contributed by atoms with E-state index in [0.29, 0.717) is 22.8 Å². The molecule has 1 amide bonds. The molecule has 0 aromatic heterocycles. The number of nitrogens with one attached hydrogen (secondary N) is 1. The van der Waals surface area contributed by atoms with Gasteiger partial charge in [-0.3, -0.25) is 4.79 Å². The van der Waals surface area contributed by atoms with E-state index in [1.807, 2.05) is 55.5 Å². The fourth-order valence-corrected chi connectivity index (χ4v) is 3.33. The van der Waals surface area contributed by atoms with Crippen molar-refractivity contribution >= 4 is 5.91 Å². The van der Waals surface area contributed by atoms with E-state index in [0.717, 1.165) is 18.4 Å². The van der Waals surface area contributed by atoms with Gasteiger partial charge < -0.3 is 19.5 Å². The van der Waals surface area contributed by atoms with Crippen LogP contribution in [0.5, 0.6) is 17.2 Å². The largest absolute Gasteiger partial charge is 0.496 e. The minimum atomic E-state index is -0.109. The van der Waals surface area contributed by atoms with Crippen LogP contribution in [-0.2, 0) is 13.0 Å². The van der Waals surface area contributed by atoms with Gasteiger partial charge in [0.25, 0.3) is 5.91 Å². The third kappa shape index (κ3) is 6.25. The highest BCUT2D eigenvalue weighted by Gasteiger charge is 2.14. The SMILES string of the molecule is COc1ccc(C(=O)NC(C)CCc2ccccc2)cc1COc1ccccc1OC. The Morgan fingerprint density at radius 3 is 2.26 bits per heavy atom. The Balaban J connectivity index is 1.63. The van der Waals surface area contributed by atoms with Gasteiger partial charge in [0, 0.05) is 17.2 Å². The second-order valence-electron chi connectivity index (χ2n) is 7.36. The maximum absolute atomic E-state index is 12.8. The molecule has 0 heterocycles. The first kappa shape index (κ1) is 22.2. The number of carbonyl (C=O) groups excluding carboxylic acids is 1. The molecule has 0 aliphatic carbocycles. The second kappa shape index (κ2) is 11.1. The number of carbonyl (C=O) groups is 1. The van der Waals surface area contributed by atoms with Gasteiger partial charge in [-0.25, -0.2) is 0 Å². The average Bonchev–Trinajstić information content (AvgIpc) is 2.82. The van der Waals surface area contributed by atoms with E-state index in [-0.39, 0.29) is 18.6 Å². The first-order chi connectivity index (χ1) is 15.1. The summed E-state index contributed by atoms with van der Waals surface area (Å²) in [6.45, 7) is 2.28. The van der Waals surface area contributed by atoms with Crippen LogP contribution in [0.25, 0.3) is 0 Å². The monoisotopic (exact) mass is 419 g/mol. The van der Waals surface area contributed by atoms with Gasteiger partial charge in [-0.1, -0.05) is 42.5 Å². The molecule has 162 valence electrons. The van der Waals surface area contributed by atoms with E-state index >= 15 is 0 Å². The third-order valence-corrected chi connectivity index (χ3v) is 5.08. The van der Waals surface area contributed by atoms with Crippen molar-refractivity contribution in [2.24, 2.45) is 0 Å². The fraction of sp³-hybridized carbons (Fsp3) is 0.269. The molecule has 0 saturated heterocycles. The lowest BCUT2D eigenvalue weighted by molar-refractivity contribution is 0.0938. The van der Waals surface area contributed by atoms with Crippen molar-refractivity contribution in [2.75, 3.05) is 14.2 Å². The summed E-state index contributed by atoms with van der Waals surface area (Å²) in [5, 5.41) is 3.08. The average molecular weight is 420 g/mol. The zero-order valence-corrected chi connectivity index (χ0v) is 18.3. The number of amides is 1. The Morgan fingerprint density at radius 2 is 1.55 bits per heavy atom. The summed E-state index contributed by atoms with van der Waals surface area (Å²) in [5.41, 5.74) is 2.63. The Kier molecular flexibility index (Phi) is 7.93. The molecule has 3 aromatic carbocycles. The lowest BCUT2D eigenvalue weighted by Crippen LogP contribution is -2.33. The number of benzene rings is 3. The van der Waals surface area contributed by atoms with Crippen LogP contribution in [0.15, 0.2) is 72.8 Å². The number of hydrogen-bond acceptors (Lipinski definition) is 4. The lowest BCUT2D eigenvalue weighted by Gasteiger charge is -2.16. The molecule has 5 nitrogen and oxygen atoms in total. The summed E-state index contributed by atoms with van der Waals surface area (Å²) in [7, 11) is 3.21. The van der Waals surface area contributed by atoms with Crippen molar-refractivity contribution in [1.29, 1.82) is 0 Å². The molecule has 1 atom stereocenters. The van der Waals surface area contributed by atoms with Crippen LogP contribution < -0.4 is 19.5 Å². The van der Waals surface area contributed by atoms with Crippen molar-refractivity contribution < 1.29 is 19.0 Å². The summed E-state index contributed by atoms with van der Waals surface area (Å²) in [6.07, 6.45) is 1.79. The summed E-state index contributed by atoms with van der Waals surface area (Å²) in [4.78, 5) is 12.8. The predicted molar refractivity (Wildman–Crippen MR) is 122 cm³/mol. The van der Waals surface area contributed by atoms with Crippen molar-refractivity contribution in [1.82, 2.24) is 5.32 Å². The van der Waals surface area contributed by atoms with Crippen LogP contribution in [-0.4, -0.2) is 26.2 Å². The van der Waals surface area contributed by atoms with Gasteiger partial charge in [-0.15, -0.1) is 0 Å². The number of methoxy groups -OCH3 is 2. The zero-order chi connectivity index (χ0) is 22.1. The minimum Gasteiger partial charge on any atom is -0.496 e. The van der Waals surface area contributed by atoms with Crippen LogP contribution in [0.3, 0.4) is 0 Å². The molecule has 0 aliphatic rings. The molecule has 3 aromatic rings. The van der Waals surface area contributed by atoms with Gasteiger partial charge in [-0.2, -0.15) is 0 Å². The number of para-hydroxylation sites is 2. The second-order valence-corrected chi connectivity index (χ2v) is 7.36. The van der Waals surface area contributed by atoms with Crippen LogP contribution in [0.4, 0.5) is 0 Å². The fourth-order valence-electron chi connectivity index (χ4n) is 3.33. The number of hydrogen-bond donors (Lipinski definition) is 1. The maximum atomic E-state index is 12.8. The molecule has 0 spiro atoms. The molecular formula is C26H29NO4. The maximum Gasteiger partial charge on any atom is 0.251 e. The molecule has 3 rings (SSSR count). The van der Waals surface area contributed by atoms with Crippen molar-refractivity contribution in [3.8, 4) is 17.2 Å². The first-order valence-corrected chi connectivity index (χ1v) is 10.4. The van der Waals surface area contributed by atoms with Crippen molar-refractivity contribution in [3.05, 3.63) is 89.5 Å². The molecule has 0 bridgehead atoms. The summed E-state index contributed by atoms with van der Waals surface area (Å²) >= 11 is 0. The van der Waals surface area contributed by atoms with Crippen LogP contribution in [0.1, 0.15) is 34.8 Å². The molecular weight excluding hydrogens is 390 g/mol. The number of rotatable bonds is 10. The van der Waals surface area contributed by atoms with Gasteiger partial charge in [0.15, 0.2) is 11.5 Å². The molecule has 5 heteroatoms. The summed E-state index contributed by atoms with van der Waals surface area (Å²) < 4.78 is 16.7. The van der Waals surface area contributed by atoms with Crippen molar-refractivity contribution in [3.63, 3.8) is 0 Å². The van der Waals surface area contributed by atoms with E-state index in [4.69, 9.17) is 14.2 Å². The Hall–Kier alpha value is -3.47. The van der Waals surface area contributed by atoms with Crippen LogP contribution >= 0.6 is 0 Å². The molecule has 0 radical (unpaired) electrons. The van der Waals surface area contributed by atoms with Gasteiger partial charge in [0.05, 0.1) is 14.2 Å². The molecule has 1 unspecified atom stereocenters. The zero-order valence-electron chi connectivity index (χ0n) is 18.3. The minimum absolute atomic E-state index is 0.0584. The Labute approximate surface area is 184 Å². The first-order valence-electron chi connectivity index (χ1n) is 10.4. The van der Waals surface area contributed by atoms with Gasteiger partial charge in [0.1, 0.15) is 12.4 Å². The number of ether oxygens (including phenoxy) is 3. The molecule has 0 fully saturated rings. The summed E-state index contributed by atoms with van der Waals surface area (Å²) in [5.74, 6) is 1.85. The quantitative estimate of drug-likeness (QED) is 0.501. The normalized spacial score (nSPS) is 11.5. The molecule has 0 saturated carbocycles. The molecule has 0 aliphatic heterocycles. The highest BCUT2D eigenvalue weighted by Crippen LogP contribution is 2.28. The van der Waals surface area contributed by atoms with Gasteiger partial charge >= 0.3 is 0 Å². The number of aryl methyl sites for hydroxylation is 1. The molecule has 31 heavy (non-hydrogen) atoms. The summed E-state index contributed by atoms with van der Waals surface area (Å²) in [6, 6.07) is 23.2. The van der Waals surface area contributed by atoms with E-state index < -0.39 is 0 Å². The van der Waals surface area contributed by atoms with Crippen LogP contribution in [0.2, 0.25) is 0 Å². The van der Waals surface area contributed by atoms with Gasteiger partial charge in [-0.05, 0) is 55.7 Å². The Bertz CT molecular complexity index is 988. The predicted octanol–water partition coefficient (Wildman–Crippen LogP) is 5.03. The Morgan fingerprint density at radius 1 is 0.871 bits per heavy atom. The third-order valence-electron chi connectivity index (χ3n) is 5.08. The highest BCUT2D eigenvalue weighted by molar-refractivity contribution is 5.94. The standard InChI is InChI=1S/C26H29NO4/c1-19(13-14-20-9-5-4-6-10-20)27-26(28)21-15-16-23(29-2)22(17-21)18-31-25-12-8-7-11-24(25)30-3/h4-12,15-17,19H,13-14,18H2,1-3H3,(H,27,28). The smallest absolute Gasteiger partial charge is 0.251 e. The highest BCUT2D eigenvalue weighted by atomic mass is 16.5. The van der Waals surface area contributed by atoms with Gasteiger partial charge in [0.2, 0.25) is 0 Å². The van der Waals surface area contributed by atoms with E-state index in [9.17, 15) is 4.79 Å². The molecule has 1 N–H and O–H groups in total. The lowest BCUT2D eigenvalue weighted by atomic mass is 10.1. The van der Waals surface area contributed by atoms with Crippen molar-refractivity contribution in [2.45, 2.75) is 32.4 Å². The van der Waals surface area contributed by atoms with E-state index in [1.165, 1.54) is 5.56 Å². The van der Waals surface area contributed by atoms with E-state index in [2.05, 4.69) is 17.4 Å². The van der Waals surface area contributed by atoms with Crippen LogP contribution in [0, 0.1) is 0 Å². The topological polar surface area (TPSA) is 56.8 Å².